The predicted octanol–water partition coefficient (Wildman–Crippen LogP) is 0.576. The van der Waals surface area contributed by atoms with E-state index in [4.69, 9.17) is 5.11 Å². The van der Waals surface area contributed by atoms with Gasteiger partial charge in [-0.25, -0.2) is 9.59 Å². The van der Waals surface area contributed by atoms with Gasteiger partial charge in [0.05, 0.1) is 0 Å². The van der Waals surface area contributed by atoms with Crippen LogP contribution in [0.15, 0.2) is 4.99 Å². The first-order valence-electron chi connectivity index (χ1n) is 3.02. The van der Waals surface area contributed by atoms with Crippen LogP contribution in [0.3, 0.4) is 0 Å². The number of aliphatic carboxylic acids is 1. The fourth-order valence-corrected chi connectivity index (χ4v) is 0.580. The summed E-state index contributed by atoms with van der Waals surface area (Å²) in [5.74, 6) is -1.06. The third-order valence-electron chi connectivity index (χ3n) is 1.06. The molecule has 0 aromatic heterocycles. The molecule has 0 heterocycles. The Kier molecular flexibility index (Phi) is 4.16. The van der Waals surface area contributed by atoms with Crippen LogP contribution in [0.2, 0.25) is 0 Å². The van der Waals surface area contributed by atoms with Gasteiger partial charge in [0.2, 0.25) is 6.08 Å². The van der Waals surface area contributed by atoms with E-state index in [2.05, 4.69) is 4.99 Å². The van der Waals surface area contributed by atoms with Gasteiger partial charge in [0.1, 0.15) is 0 Å². The molecule has 0 rings (SSSR count). The van der Waals surface area contributed by atoms with Crippen molar-refractivity contribution in [3.05, 3.63) is 0 Å². The van der Waals surface area contributed by atoms with Crippen LogP contribution in [0.1, 0.15) is 19.8 Å². The maximum absolute atomic E-state index is 10.2. The summed E-state index contributed by atoms with van der Waals surface area (Å²) >= 11 is 0. The molecule has 10 heavy (non-hydrogen) atoms. The summed E-state index contributed by atoms with van der Waals surface area (Å²) in [4.78, 5) is 23.0. The van der Waals surface area contributed by atoms with Crippen LogP contribution in [0.4, 0.5) is 0 Å². The summed E-state index contributed by atoms with van der Waals surface area (Å²) in [6.07, 6.45) is 2.32. The highest BCUT2D eigenvalue weighted by molar-refractivity contribution is 5.74. The van der Waals surface area contributed by atoms with E-state index in [0.717, 1.165) is 0 Å². The molecular weight excluding hydrogens is 134 g/mol. The average molecular weight is 143 g/mol. The van der Waals surface area contributed by atoms with Crippen molar-refractivity contribution in [3.63, 3.8) is 0 Å². The first-order chi connectivity index (χ1) is 4.72. The Morgan fingerprint density at radius 2 is 2.40 bits per heavy atom. The van der Waals surface area contributed by atoms with Crippen molar-refractivity contribution >= 4 is 12.0 Å². The highest BCUT2D eigenvalue weighted by Gasteiger charge is 2.13. The summed E-state index contributed by atoms with van der Waals surface area (Å²) in [6.45, 7) is 1.83. The molecule has 0 aliphatic rings. The van der Waals surface area contributed by atoms with Crippen LogP contribution in [0.5, 0.6) is 0 Å². The Hall–Kier alpha value is -1.15. The van der Waals surface area contributed by atoms with Crippen molar-refractivity contribution in [2.24, 2.45) is 4.99 Å². The molecule has 1 unspecified atom stereocenters. The zero-order chi connectivity index (χ0) is 7.98. The van der Waals surface area contributed by atoms with Crippen molar-refractivity contribution in [2.75, 3.05) is 0 Å². The molecule has 1 atom stereocenters. The van der Waals surface area contributed by atoms with Crippen molar-refractivity contribution in [2.45, 2.75) is 25.8 Å². The van der Waals surface area contributed by atoms with Crippen LogP contribution < -0.4 is 0 Å². The molecule has 0 aromatic rings. The van der Waals surface area contributed by atoms with Gasteiger partial charge in [0.15, 0.2) is 6.04 Å². The molecule has 0 bridgehead atoms. The lowest BCUT2D eigenvalue weighted by molar-refractivity contribution is -0.138. The lowest BCUT2D eigenvalue weighted by Crippen LogP contribution is -2.16. The van der Waals surface area contributed by atoms with E-state index in [0.29, 0.717) is 12.8 Å². The molecule has 1 N–H and O–H groups in total. The van der Waals surface area contributed by atoms with Gasteiger partial charge >= 0.3 is 5.97 Å². The van der Waals surface area contributed by atoms with Gasteiger partial charge in [0, 0.05) is 0 Å². The maximum Gasteiger partial charge on any atom is 0.329 e. The van der Waals surface area contributed by atoms with Gasteiger partial charge in [-0.15, -0.1) is 0 Å². The summed E-state index contributed by atoms with van der Waals surface area (Å²) < 4.78 is 0. The quantitative estimate of drug-likeness (QED) is 0.462. The minimum absolute atomic E-state index is 0.393. The molecule has 0 aliphatic carbocycles. The Balaban J connectivity index is 3.97. The number of carbonyl (C=O) groups is 1. The smallest absolute Gasteiger partial charge is 0.329 e. The predicted molar refractivity (Wildman–Crippen MR) is 34.5 cm³/mol. The summed E-state index contributed by atoms with van der Waals surface area (Å²) in [5, 5.41) is 8.36. The highest BCUT2D eigenvalue weighted by atomic mass is 16.4. The van der Waals surface area contributed by atoms with E-state index < -0.39 is 12.0 Å². The summed E-state index contributed by atoms with van der Waals surface area (Å²) in [6, 6.07) is -0.900. The van der Waals surface area contributed by atoms with Crippen molar-refractivity contribution in [1.29, 1.82) is 0 Å². The molecule has 0 saturated heterocycles. The topological polar surface area (TPSA) is 66.7 Å². The molecule has 0 radical (unpaired) electrons. The molecule has 4 heteroatoms. The van der Waals surface area contributed by atoms with Crippen LogP contribution in [0.25, 0.3) is 0 Å². The van der Waals surface area contributed by atoms with Gasteiger partial charge in [-0.1, -0.05) is 13.3 Å². The van der Waals surface area contributed by atoms with E-state index in [9.17, 15) is 9.59 Å². The van der Waals surface area contributed by atoms with Crippen LogP contribution >= 0.6 is 0 Å². The summed E-state index contributed by atoms with van der Waals surface area (Å²) in [7, 11) is 0. The SMILES string of the molecule is CCCC(N=C=O)C(=O)O. The average Bonchev–Trinajstić information content (AvgIpc) is 1.87. The third kappa shape index (κ3) is 2.99. The number of aliphatic imine (C=N–C) groups is 1. The molecule has 0 aromatic carbocycles. The van der Waals surface area contributed by atoms with Crippen molar-refractivity contribution < 1.29 is 14.7 Å². The monoisotopic (exact) mass is 143 g/mol. The van der Waals surface area contributed by atoms with Gasteiger partial charge in [0.25, 0.3) is 0 Å². The molecule has 0 fully saturated rings. The molecular formula is C6H9NO3. The van der Waals surface area contributed by atoms with Gasteiger partial charge in [-0.2, -0.15) is 4.99 Å². The van der Waals surface area contributed by atoms with Gasteiger partial charge in [-0.3, -0.25) is 0 Å². The van der Waals surface area contributed by atoms with E-state index >= 15 is 0 Å². The normalized spacial score (nSPS) is 11.7. The zero-order valence-electron chi connectivity index (χ0n) is 5.70. The second kappa shape index (κ2) is 4.70. The van der Waals surface area contributed by atoms with Crippen LogP contribution in [0, 0.1) is 0 Å². The Labute approximate surface area is 58.6 Å². The highest BCUT2D eigenvalue weighted by Crippen LogP contribution is 1.99. The number of nitrogens with zero attached hydrogens (tertiary/aromatic N) is 1. The number of carboxylic acids is 1. The largest absolute Gasteiger partial charge is 0.480 e. The number of carboxylic acid groups (broad SMARTS) is 1. The number of isocyanates is 1. The molecule has 56 valence electrons. The zero-order valence-corrected chi connectivity index (χ0v) is 5.70. The second-order valence-electron chi connectivity index (χ2n) is 1.86. The molecule has 4 nitrogen and oxygen atoms in total. The lowest BCUT2D eigenvalue weighted by Gasteiger charge is -1.99. The maximum atomic E-state index is 10.2. The van der Waals surface area contributed by atoms with Gasteiger partial charge < -0.3 is 5.11 Å². The van der Waals surface area contributed by atoms with Gasteiger partial charge in [-0.05, 0) is 6.42 Å². The van der Waals surface area contributed by atoms with Crippen LogP contribution in [-0.4, -0.2) is 23.2 Å². The minimum atomic E-state index is -1.06. The van der Waals surface area contributed by atoms with E-state index in [1.807, 2.05) is 6.92 Å². The Morgan fingerprint density at radius 3 is 2.70 bits per heavy atom. The number of carbonyl (C=O) groups excluding carboxylic acids is 1. The first-order valence-corrected chi connectivity index (χ1v) is 3.02. The van der Waals surface area contributed by atoms with E-state index in [1.165, 1.54) is 6.08 Å². The minimum Gasteiger partial charge on any atom is -0.480 e. The van der Waals surface area contributed by atoms with Crippen molar-refractivity contribution in [1.82, 2.24) is 0 Å². The molecule has 0 spiro atoms. The number of rotatable bonds is 4. The lowest BCUT2D eigenvalue weighted by atomic mass is 10.2. The first kappa shape index (κ1) is 8.85. The Bertz CT molecular complexity index is 158. The second-order valence-corrected chi connectivity index (χ2v) is 1.86. The molecule has 0 amide bonds. The number of hydrogen-bond donors (Lipinski definition) is 1. The summed E-state index contributed by atoms with van der Waals surface area (Å²) in [5.41, 5.74) is 0. The number of hydrogen-bond acceptors (Lipinski definition) is 3. The molecule has 0 saturated carbocycles. The fourth-order valence-electron chi connectivity index (χ4n) is 0.580. The van der Waals surface area contributed by atoms with Crippen molar-refractivity contribution in [3.8, 4) is 0 Å². The molecule has 0 aliphatic heterocycles. The third-order valence-corrected chi connectivity index (χ3v) is 1.06. The van der Waals surface area contributed by atoms with Crippen LogP contribution in [-0.2, 0) is 9.59 Å². The fraction of sp³-hybridized carbons (Fsp3) is 0.667. The Morgan fingerprint density at radius 1 is 1.80 bits per heavy atom. The van der Waals surface area contributed by atoms with E-state index in [-0.39, 0.29) is 0 Å². The van der Waals surface area contributed by atoms with E-state index in [1.54, 1.807) is 0 Å². The standard InChI is InChI=1S/C6H9NO3/c1-2-3-5(6(9)10)7-4-8/h5H,2-3H2,1H3,(H,9,10).